The molecule has 1 aromatic carbocycles. The lowest BCUT2D eigenvalue weighted by atomic mass is 10.1. The first kappa shape index (κ1) is 14.6. The van der Waals surface area contributed by atoms with Gasteiger partial charge in [0.05, 0.1) is 6.61 Å². The fourth-order valence-electron chi connectivity index (χ4n) is 2.54. The van der Waals surface area contributed by atoms with Crippen LogP contribution in [-0.4, -0.2) is 33.4 Å². The maximum Gasteiger partial charge on any atom is 0.0587 e. The summed E-state index contributed by atoms with van der Waals surface area (Å²) in [5.41, 5.74) is 2.50. The number of hydrogen-bond donors (Lipinski definition) is 1. The standard InChI is InChI=1S/C15H23ClN2O/c1-19-11-8-17-12-13-14(16)6-5-7-15(13)18-9-3-2-4-10-18/h5-7,17H,2-4,8-12H2,1H3. The molecular formula is C15H23ClN2O. The first-order chi connectivity index (χ1) is 9.33. The minimum Gasteiger partial charge on any atom is -0.383 e. The normalized spacial score (nSPS) is 15.8. The van der Waals surface area contributed by atoms with Gasteiger partial charge in [0.25, 0.3) is 0 Å². The van der Waals surface area contributed by atoms with E-state index in [0.717, 1.165) is 37.8 Å². The van der Waals surface area contributed by atoms with Crippen molar-refractivity contribution in [3.05, 3.63) is 28.8 Å². The average Bonchev–Trinajstić information content (AvgIpc) is 2.46. The smallest absolute Gasteiger partial charge is 0.0587 e. The molecule has 1 aliphatic rings. The van der Waals surface area contributed by atoms with Crippen molar-refractivity contribution in [2.24, 2.45) is 0 Å². The Bertz CT molecular complexity index is 392. The van der Waals surface area contributed by atoms with E-state index in [1.807, 2.05) is 12.1 Å². The summed E-state index contributed by atoms with van der Waals surface area (Å²) in [7, 11) is 1.72. The van der Waals surface area contributed by atoms with Gasteiger partial charge >= 0.3 is 0 Å². The highest BCUT2D eigenvalue weighted by atomic mass is 35.5. The highest BCUT2D eigenvalue weighted by Gasteiger charge is 2.15. The maximum atomic E-state index is 6.36. The number of anilines is 1. The second kappa shape index (κ2) is 7.73. The molecule has 1 N–H and O–H groups in total. The topological polar surface area (TPSA) is 24.5 Å². The summed E-state index contributed by atoms with van der Waals surface area (Å²) in [6, 6.07) is 6.21. The quantitative estimate of drug-likeness (QED) is 0.812. The first-order valence-electron chi connectivity index (χ1n) is 7.05. The highest BCUT2D eigenvalue weighted by Crippen LogP contribution is 2.29. The maximum absolute atomic E-state index is 6.36. The second-order valence-electron chi connectivity index (χ2n) is 4.95. The molecule has 0 radical (unpaired) electrons. The van der Waals surface area contributed by atoms with Crippen molar-refractivity contribution in [2.75, 3.05) is 38.3 Å². The molecule has 0 aliphatic carbocycles. The van der Waals surface area contributed by atoms with Crippen LogP contribution in [0.25, 0.3) is 0 Å². The Hall–Kier alpha value is -0.770. The average molecular weight is 283 g/mol. The van der Waals surface area contributed by atoms with Gasteiger partial charge in [-0.3, -0.25) is 0 Å². The zero-order valence-corrected chi connectivity index (χ0v) is 12.4. The van der Waals surface area contributed by atoms with Crippen LogP contribution in [-0.2, 0) is 11.3 Å². The monoisotopic (exact) mass is 282 g/mol. The fourth-order valence-corrected chi connectivity index (χ4v) is 2.78. The molecule has 19 heavy (non-hydrogen) atoms. The van der Waals surface area contributed by atoms with Gasteiger partial charge in [0.2, 0.25) is 0 Å². The number of piperidine rings is 1. The van der Waals surface area contributed by atoms with E-state index in [4.69, 9.17) is 16.3 Å². The molecule has 1 saturated heterocycles. The van der Waals surface area contributed by atoms with Gasteiger partial charge in [0, 0.05) is 49.6 Å². The molecule has 3 nitrogen and oxygen atoms in total. The van der Waals surface area contributed by atoms with Gasteiger partial charge < -0.3 is 15.0 Å². The molecule has 1 heterocycles. The van der Waals surface area contributed by atoms with Crippen molar-refractivity contribution in [1.82, 2.24) is 5.32 Å². The zero-order valence-electron chi connectivity index (χ0n) is 11.6. The van der Waals surface area contributed by atoms with Crippen molar-refractivity contribution in [3.63, 3.8) is 0 Å². The summed E-state index contributed by atoms with van der Waals surface area (Å²) in [6.45, 7) is 4.66. The summed E-state index contributed by atoms with van der Waals surface area (Å²) >= 11 is 6.36. The lowest BCUT2D eigenvalue weighted by molar-refractivity contribution is 0.199. The van der Waals surface area contributed by atoms with Crippen LogP contribution in [0.4, 0.5) is 5.69 Å². The van der Waals surface area contributed by atoms with Crippen LogP contribution in [0.2, 0.25) is 5.02 Å². The van der Waals surface area contributed by atoms with Crippen molar-refractivity contribution >= 4 is 17.3 Å². The van der Waals surface area contributed by atoms with Crippen molar-refractivity contribution in [1.29, 1.82) is 0 Å². The lowest BCUT2D eigenvalue weighted by Gasteiger charge is -2.31. The molecule has 0 spiro atoms. The number of benzene rings is 1. The van der Waals surface area contributed by atoms with Gasteiger partial charge in [-0.2, -0.15) is 0 Å². The van der Waals surface area contributed by atoms with Crippen LogP contribution in [0, 0.1) is 0 Å². The Morgan fingerprint density at radius 2 is 2.05 bits per heavy atom. The molecule has 106 valence electrons. The summed E-state index contributed by atoms with van der Waals surface area (Å²) in [4.78, 5) is 2.46. The molecule has 1 fully saturated rings. The Balaban J connectivity index is 2.06. The van der Waals surface area contributed by atoms with E-state index in [9.17, 15) is 0 Å². The molecule has 0 bridgehead atoms. The SMILES string of the molecule is COCCNCc1c(Cl)cccc1N1CCCCC1. The summed E-state index contributed by atoms with van der Waals surface area (Å²) in [5, 5.41) is 4.24. The van der Waals surface area contributed by atoms with E-state index < -0.39 is 0 Å². The molecule has 4 heteroatoms. The van der Waals surface area contributed by atoms with Crippen LogP contribution in [0.3, 0.4) is 0 Å². The van der Waals surface area contributed by atoms with Crippen molar-refractivity contribution in [2.45, 2.75) is 25.8 Å². The van der Waals surface area contributed by atoms with Crippen molar-refractivity contribution < 1.29 is 4.74 Å². The second-order valence-corrected chi connectivity index (χ2v) is 5.36. The van der Waals surface area contributed by atoms with Crippen LogP contribution in [0.5, 0.6) is 0 Å². The van der Waals surface area contributed by atoms with Crippen molar-refractivity contribution in [3.8, 4) is 0 Å². The Morgan fingerprint density at radius 3 is 2.79 bits per heavy atom. The summed E-state index contributed by atoms with van der Waals surface area (Å²) < 4.78 is 5.05. The van der Waals surface area contributed by atoms with E-state index in [1.54, 1.807) is 7.11 Å². The van der Waals surface area contributed by atoms with E-state index in [-0.39, 0.29) is 0 Å². The fraction of sp³-hybridized carbons (Fsp3) is 0.600. The molecule has 0 unspecified atom stereocenters. The van der Waals surface area contributed by atoms with E-state index in [0.29, 0.717) is 0 Å². The van der Waals surface area contributed by atoms with E-state index in [1.165, 1.54) is 30.5 Å². The van der Waals surface area contributed by atoms with Gasteiger partial charge in [0.1, 0.15) is 0 Å². The predicted molar refractivity (Wildman–Crippen MR) is 81.1 cm³/mol. The largest absolute Gasteiger partial charge is 0.383 e. The van der Waals surface area contributed by atoms with E-state index in [2.05, 4.69) is 16.3 Å². The number of hydrogen-bond acceptors (Lipinski definition) is 3. The molecule has 0 saturated carbocycles. The number of halogens is 1. The van der Waals surface area contributed by atoms with E-state index >= 15 is 0 Å². The minimum atomic E-state index is 0.726. The number of methoxy groups -OCH3 is 1. The number of rotatable bonds is 6. The van der Waals surface area contributed by atoms with Gasteiger partial charge in [-0.1, -0.05) is 17.7 Å². The third-order valence-corrected chi connectivity index (χ3v) is 3.93. The van der Waals surface area contributed by atoms with Crippen LogP contribution in [0.1, 0.15) is 24.8 Å². The predicted octanol–water partition coefficient (Wildman–Crippen LogP) is 3.07. The van der Waals surface area contributed by atoms with Gasteiger partial charge in [0.15, 0.2) is 0 Å². The molecular weight excluding hydrogens is 260 g/mol. The molecule has 2 rings (SSSR count). The Labute approximate surface area is 120 Å². The molecule has 0 aromatic heterocycles. The number of ether oxygens (including phenoxy) is 1. The van der Waals surface area contributed by atoms with Gasteiger partial charge in [-0.05, 0) is 31.4 Å². The molecule has 1 aliphatic heterocycles. The van der Waals surface area contributed by atoms with Crippen LogP contribution < -0.4 is 10.2 Å². The zero-order chi connectivity index (χ0) is 13.5. The number of nitrogens with zero attached hydrogens (tertiary/aromatic N) is 1. The molecule has 0 atom stereocenters. The minimum absolute atomic E-state index is 0.726. The summed E-state index contributed by atoms with van der Waals surface area (Å²) in [5.74, 6) is 0. The first-order valence-corrected chi connectivity index (χ1v) is 7.42. The van der Waals surface area contributed by atoms with Gasteiger partial charge in [-0.25, -0.2) is 0 Å². The Kier molecular flexibility index (Phi) is 5.95. The summed E-state index contributed by atoms with van der Waals surface area (Å²) in [6.07, 6.45) is 3.91. The van der Waals surface area contributed by atoms with Crippen LogP contribution in [0.15, 0.2) is 18.2 Å². The molecule has 1 aromatic rings. The Morgan fingerprint density at radius 1 is 1.26 bits per heavy atom. The van der Waals surface area contributed by atoms with Crippen LogP contribution >= 0.6 is 11.6 Å². The van der Waals surface area contributed by atoms with Gasteiger partial charge in [-0.15, -0.1) is 0 Å². The third-order valence-electron chi connectivity index (χ3n) is 3.58. The number of nitrogens with one attached hydrogen (secondary N) is 1. The lowest BCUT2D eigenvalue weighted by Crippen LogP contribution is -2.31. The highest BCUT2D eigenvalue weighted by molar-refractivity contribution is 6.31. The molecule has 0 amide bonds. The third kappa shape index (κ3) is 4.10.